The molecule has 0 aromatic heterocycles. The highest BCUT2D eigenvalue weighted by Gasteiger charge is 2.54. The normalized spacial score (nSPS) is 33.5. The van der Waals surface area contributed by atoms with Crippen LogP contribution in [0.4, 0.5) is 0 Å². The standard InChI is InChI=1S/C21H38BNSi2/c1-23(2)15-19-20(22-16-9-7-10-17(22)12-8-11-16)18-13-14-24(3,4)21(18)25(19,5)6/h16-17H,7-15H2,1-6H3. The molecule has 2 bridgehead atoms. The fourth-order valence-corrected chi connectivity index (χ4v) is 20.2. The van der Waals surface area contributed by atoms with Crippen LogP contribution in [0.2, 0.25) is 43.9 Å². The van der Waals surface area contributed by atoms with Crippen molar-refractivity contribution in [2.75, 3.05) is 20.6 Å². The molecule has 0 aromatic rings. The maximum Gasteiger partial charge on any atom is 0.182 e. The van der Waals surface area contributed by atoms with Gasteiger partial charge in [-0.25, -0.2) is 0 Å². The summed E-state index contributed by atoms with van der Waals surface area (Å²) in [6.07, 6.45) is 10.5. The molecule has 2 fully saturated rings. The van der Waals surface area contributed by atoms with Crippen LogP contribution in [0.25, 0.3) is 0 Å². The second-order valence-corrected chi connectivity index (χ2v) is 20.5. The van der Waals surface area contributed by atoms with Crippen LogP contribution in [0.15, 0.2) is 21.1 Å². The maximum absolute atomic E-state index is 2.72. The molecule has 4 aliphatic heterocycles. The van der Waals surface area contributed by atoms with Gasteiger partial charge in [-0.3, -0.25) is 0 Å². The number of fused-ring (bicyclic) bond motifs is 2. The van der Waals surface area contributed by atoms with E-state index in [1.807, 2.05) is 16.2 Å². The highest BCUT2D eigenvalue weighted by molar-refractivity contribution is 7.11. The van der Waals surface area contributed by atoms with Gasteiger partial charge in [0.25, 0.3) is 0 Å². The number of hydrogen-bond acceptors (Lipinski definition) is 1. The van der Waals surface area contributed by atoms with Crippen molar-refractivity contribution in [3.05, 3.63) is 21.1 Å². The van der Waals surface area contributed by atoms with Crippen molar-refractivity contribution in [3.63, 3.8) is 0 Å². The summed E-state index contributed by atoms with van der Waals surface area (Å²) in [4.78, 5) is 4.56. The van der Waals surface area contributed by atoms with Crippen LogP contribution in [-0.2, 0) is 0 Å². The Balaban J connectivity index is 1.85. The highest BCUT2D eigenvalue weighted by atomic mass is 28.4. The SMILES string of the molecule is CN(C)CC1=C(B2C3CCCC2CCC3)C2=C([Si](C)(C)CC2)[Si]1(C)C. The third-order valence-corrected chi connectivity index (χ3v) is 18.7. The van der Waals surface area contributed by atoms with Gasteiger partial charge in [0, 0.05) is 6.54 Å². The van der Waals surface area contributed by atoms with E-state index in [9.17, 15) is 0 Å². The number of likely N-dealkylation sites (N-methyl/N-ethyl adjacent to an activating group) is 1. The van der Waals surface area contributed by atoms with E-state index >= 15 is 0 Å². The van der Waals surface area contributed by atoms with Gasteiger partial charge in [-0.2, -0.15) is 0 Å². The second-order valence-electron chi connectivity index (χ2n) is 10.9. The van der Waals surface area contributed by atoms with E-state index in [1.165, 1.54) is 57.5 Å². The third-order valence-electron chi connectivity index (χ3n) is 8.13. The molecule has 2 saturated heterocycles. The Morgan fingerprint density at radius 1 is 0.960 bits per heavy atom. The average molecular weight is 372 g/mol. The van der Waals surface area contributed by atoms with Crippen molar-refractivity contribution in [3.8, 4) is 0 Å². The van der Waals surface area contributed by atoms with Crippen molar-refractivity contribution >= 4 is 22.9 Å². The number of allylic oxidation sites excluding steroid dienone is 2. The van der Waals surface area contributed by atoms with Crippen molar-refractivity contribution in [1.82, 2.24) is 4.90 Å². The predicted molar refractivity (Wildman–Crippen MR) is 118 cm³/mol. The largest absolute Gasteiger partial charge is 0.306 e. The van der Waals surface area contributed by atoms with Crippen LogP contribution in [0.1, 0.15) is 44.9 Å². The van der Waals surface area contributed by atoms with Crippen molar-refractivity contribution in [1.29, 1.82) is 0 Å². The van der Waals surface area contributed by atoms with Gasteiger partial charge in [0.1, 0.15) is 0 Å². The summed E-state index contributed by atoms with van der Waals surface area (Å²) in [5, 5.41) is 1.96. The van der Waals surface area contributed by atoms with Crippen LogP contribution in [0.5, 0.6) is 0 Å². The van der Waals surface area contributed by atoms with Gasteiger partial charge in [0.15, 0.2) is 6.71 Å². The minimum atomic E-state index is -1.41. The van der Waals surface area contributed by atoms with E-state index in [1.54, 1.807) is 0 Å². The maximum atomic E-state index is 2.72. The molecule has 0 atom stereocenters. The molecule has 4 heterocycles. The number of nitrogens with zero attached hydrogens (tertiary/aromatic N) is 1. The van der Waals surface area contributed by atoms with Gasteiger partial charge in [0.05, 0.1) is 16.1 Å². The van der Waals surface area contributed by atoms with Gasteiger partial charge in [-0.15, -0.1) is 0 Å². The van der Waals surface area contributed by atoms with Gasteiger partial charge in [-0.05, 0) is 20.5 Å². The van der Waals surface area contributed by atoms with Gasteiger partial charge in [0.2, 0.25) is 0 Å². The first-order chi connectivity index (χ1) is 11.7. The van der Waals surface area contributed by atoms with E-state index in [0.717, 1.165) is 18.3 Å². The highest BCUT2D eigenvalue weighted by Crippen LogP contribution is 2.57. The van der Waals surface area contributed by atoms with E-state index in [2.05, 4.69) is 50.0 Å². The van der Waals surface area contributed by atoms with E-state index in [-0.39, 0.29) is 0 Å². The lowest BCUT2D eigenvalue weighted by atomic mass is 9.23. The number of hydrogen-bond donors (Lipinski definition) is 0. The Hall–Kier alpha value is -0.0613. The Morgan fingerprint density at radius 2 is 1.52 bits per heavy atom. The second kappa shape index (κ2) is 6.24. The predicted octanol–water partition coefficient (Wildman–Crippen LogP) is 5.74. The molecule has 4 heteroatoms. The zero-order valence-corrected chi connectivity index (χ0v) is 19.5. The summed E-state index contributed by atoms with van der Waals surface area (Å²) in [5.41, 5.74) is 3.93. The molecule has 0 aromatic carbocycles. The molecule has 0 radical (unpaired) electrons. The summed E-state index contributed by atoms with van der Waals surface area (Å²) in [7, 11) is 2.02. The first-order valence-electron chi connectivity index (χ1n) is 10.9. The molecule has 4 rings (SSSR count). The van der Waals surface area contributed by atoms with Crippen molar-refractivity contribution < 1.29 is 0 Å². The van der Waals surface area contributed by atoms with Crippen molar-refractivity contribution in [2.24, 2.45) is 0 Å². The molecule has 138 valence electrons. The third kappa shape index (κ3) is 2.82. The molecule has 0 unspecified atom stereocenters. The van der Waals surface area contributed by atoms with Gasteiger partial charge < -0.3 is 4.90 Å². The first kappa shape index (κ1) is 18.3. The van der Waals surface area contributed by atoms with Gasteiger partial charge in [-0.1, -0.05) is 103 Å². The van der Waals surface area contributed by atoms with Crippen LogP contribution in [0, 0.1) is 0 Å². The Bertz CT molecular complexity index is 610. The van der Waals surface area contributed by atoms with Crippen LogP contribution in [-0.4, -0.2) is 48.4 Å². The molecular formula is C21H38BNSi2. The molecule has 1 nitrogen and oxygen atoms in total. The summed E-state index contributed by atoms with van der Waals surface area (Å²) >= 11 is 0. The Morgan fingerprint density at radius 3 is 2.04 bits per heavy atom. The number of rotatable bonds is 3. The van der Waals surface area contributed by atoms with E-state index in [4.69, 9.17) is 0 Å². The van der Waals surface area contributed by atoms with Gasteiger partial charge >= 0.3 is 0 Å². The summed E-state index contributed by atoms with van der Waals surface area (Å²) in [5.74, 6) is 2.03. The molecule has 0 aliphatic carbocycles. The smallest absolute Gasteiger partial charge is 0.182 e. The fourth-order valence-electron chi connectivity index (χ4n) is 7.41. The lowest BCUT2D eigenvalue weighted by Crippen LogP contribution is -2.45. The molecule has 0 saturated carbocycles. The summed E-state index contributed by atoms with van der Waals surface area (Å²) in [6.45, 7) is 13.0. The molecule has 25 heavy (non-hydrogen) atoms. The molecule has 0 N–H and O–H groups in total. The van der Waals surface area contributed by atoms with Crippen molar-refractivity contribution in [2.45, 2.75) is 88.8 Å². The molecular weight excluding hydrogens is 333 g/mol. The molecule has 0 spiro atoms. The average Bonchev–Trinajstić information content (AvgIpc) is 2.92. The Labute approximate surface area is 158 Å². The minimum absolute atomic E-state index is 0.944. The summed E-state index contributed by atoms with van der Waals surface area (Å²) in [6, 6.07) is 1.54. The zero-order valence-electron chi connectivity index (χ0n) is 17.5. The zero-order chi connectivity index (χ0) is 18.0. The van der Waals surface area contributed by atoms with E-state index in [0.29, 0.717) is 0 Å². The first-order valence-corrected chi connectivity index (χ1v) is 17.1. The lowest BCUT2D eigenvalue weighted by molar-refractivity contribution is 0.442. The topological polar surface area (TPSA) is 3.24 Å². The fraction of sp³-hybridized carbons (Fsp3) is 0.810. The van der Waals surface area contributed by atoms with Crippen LogP contribution >= 0.6 is 0 Å². The minimum Gasteiger partial charge on any atom is -0.306 e. The van der Waals surface area contributed by atoms with Crippen LogP contribution in [0.3, 0.4) is 0 Å². The van der Waals surface area contributed by atoms with Crippen LogP contribution < -0.4 is 0 Å². The quantitative estimate of drug-likeness (QED) is 0.572. The summed E-state index contributed by atoms with van der Waals surface area (Å²) < 4.78 is 0. The lowest BCUT2D eigenvalue weighted by Gasteiger charge is -2.43. The molecule has 4 aliphatic rings. The monoisotopic (exact) mass is 371 g/mol. The van der Waals surface area contributed by atoms with E-state index < -0.39 is 16.1 Å². The Kier molecular flexibility index (Phi) is 4.57. The molecule has 0 amide bonds.